The second-order valence-corrected chi connectivity index (χ2v) is 6.74. The van der Waals surface area contributed by atoms with Gasteiger partial charge in [-0.15, -0.1) is 11.6 Å². The first-order valence-electron chi connectivity index (χ1n) is 5.37. The van der Waals surface area contributed by atoms with Gasteiger partial charge in [0, 0.05) is 17.9 Å². The SMILES string of the molecule is CC(C)S(=O)(=O)c1cccc(C#CCCCl)c1. The average molecular weight is 271 g/mol. The third-order valence-corrected chi connectivity index (χ3v) is 4.58. The predicted octanol–water partition coefficient (Wildman–Crippen LogP) is 2.85. The summed E-state index contributed by atoms with van der Waals surface area (Å²) in [5.41, 5.74) is 0.705. The normalized spacial score (nSPS) is 11.1. The quantitative estimate of drug-likeness (QED) is 0.625. The molecule has 0 bridgehead atoms. The molecule has 0 saturated carbocycles. The molecule has 17 heavy (non-hydrogen) atoms. The van der Waals surface area contributed by atoms with Crippen LogP contribution in [-0.4, -0.2) is 19.5 Å². The molecule has 0 atom stereocenters. The molecular weight excluding hydrogens is 256 g/mol. The zero-order valence-corrected chi connectivity index (χ0v) is 11.5. The number of hydrogen-bond acceptors (Lipinski definition) is 2. The summed E-state index contributed by atoms with van der Waals surface area (Å²) >= 11 is 5.51. The van der Waals surface area contributed by atoms with Crippen LogP contribution in [-0.2, 0) is 9.84 Å². The van der Waals surface area contributed by atoms with E-state index in [1.165, 1.54) is 0 Å². The molecular formula is C13H15ClO2S. The van der Waals surface area contributed by atoms with Gasteiger partial charge in [-0.05, 0) is 32.0 Å². The second-order valence-electron chi connectivity index (χ2n) is 3.86. The summed E-state index contributed by atoms with van der Waals surface area (Å²) in [6, 6.07) is 6.71. The van der Waals surface area contributed by atoms with Crippen molar-refractivity contribution in [2.45, 2.75) is 30.4 Å². The summed E-state index contributed by atoms with van der Waals surface area (Å²) in [5.74, 6) is 6.26. The Balaban J connectivity index is 3.07. The van der Waals surface area contributed by atoms with Crippen molar-refractivity contribution >= 4 is 21.4 Å². The van der Waals surface area contributed by atoms with Crippen LogP contribution in [0.2, 0.25) is 0 Å². The lowest BCUT2D eigenvalue weighted by Crippen LogP contribution is -2.13. The molecule has 0 fully saturated rings. The van der Waals surface area contributed by atoms with E-state index in [9.17, 15) is 8.42 Å². The van der Waals surface area contributed by atoms with Gasteiger partial charge in [-0.2, -0.15) is 0 Å². The predicted molar refractivity (Wildman–Crippen MR) is 71.0 cm³/mol. The highest BCUT2D eigenvalue weighted by atomic mass is 35.5. The van der Waals surface area contributed by atoms with E-state index in [2.05, 4.69) is 11.8 Å². The first kappa shape index (κ1) is 14.1. The molecule has 0 aromatic heterocycles. The van der Waals surface area contributed by atoms with Gasteiger partial charge in [0.15, 0.2) is 9.84 Å². The van der Waals surface area contributed by atoms with E-state index in [4.69, 9.17) is 11.6 Å². The monoisotopic (exact) mass is 270 g/mol. The fourth-order valence-corrected chi connectivity index (χ4v) is 2.43. The van der Waals surface area contributed by atoms with Crippen LogP contribution in [0.4, 0.5) is 0 Å². The smallest absolute Gasteiger partial charge is 0.180 e. The van der Waals surface area contributed by atoms with Crippen molar-refractivity contribution in [2.75, 3.05) is 5.88 Å². The van der Waals surface area contributed by atoms with Crippen LogP contribution in [0.5, 0.6) is 0 Å². The summed E-state index contributed by atoms with van der Waals surface area (Å²) in [6.45, 7) is 3.34. The van der Waals surface area contributed by atoms with E-state index in [0.29, 0.717) is 22.8 Å². The summed E-state index contributed by atoms with van der Waals surface area (Å²) in [5, 5.41) is -0.423. The van der Waals surface area contributed by atoms with E-state index >= 15 is 0 Å². The molecule has 0 aliphatic heterocycles. The van der Waals surface area contributed by atoms with Crippen LogP contribution in [0.3, 0.4) is 0 Å². The van der Waals surface area contributed by atoms with Gasteiger partial charge in [0.2, 0.25) is 0 Å². The van der Waals surface area contributed by atoms with Crippen LogP contribution in [0.25, 0.3) is 0 Å². The summed E-state index contributed by atoms with van der Waals surface area (Å²) in [6.07, 6.45) is 0.600. The number of halogens is 1. The first-order chi connectivity index (χ1) is 7.98. The van der Waals surface area contributed by atoms with Gasteiger partial charge in [-0.3, -0.25) is 0 Å². The number of benzene rings is 1. The number of sulfone groups is 1. The van der Waals surface area contributed by atoms with Gasteiger partial charge >= 0.3 is 0 Å². The van der Waals surface area contributed by atoms with Crippen molar-refractivity contribution < 1.29 is 8.42 Å². The highest BCUT2D eigenvalue weighted by Crippen LogP contribution is 2.16. The van der Waals surface area contributed by atoms with E-state index in [0.717, 1.165) is 0 Å². The van der Waals surface area contributed by atoms with Crippen LogP contribution >= 0.6 is 11.6 Å². The minimum atomic E-state index is -3.22. The van der Waals surface area contributed by atoms with Gasteiger partial charge in [0.05, 0.1) is 10.1 Å². The Morgan fingerprint density at radius 1 is 1.35 bits per heavy atom. The molecule has 0 saturated heterocycles. The van der Waals surface area contributed by atoms with Gasteiger partial charge in [0.25, 0.3) is 0 Å². The number of alkyl halides is 1. The molecule has 0 heterocycles. The molecule has 0 aliphatic carbocycles. The lowest BCUT2D eigenvalue weighted by Gasteiger charge is -2.07. The summed E-state index contributed by atoms with van der Waals surface area (Å²) in [4.78, 5) is 0.324. The van der Waals surface area contributed by atoms with Crippen LogP contribution in [0.1, 0.15) is 25.8 Å². The molecule has 0 amide bonds. The van der Waals surface area contributed by atoms with Crippen molar-refractivity contribution in [3.05, 3.63) is 29.8 Å². The Morgan fingerprint density at radius 3 is 2.65 bits per heavy atom. The third-order valence-electron chi connectivity index (χ3n) is 2.24. The Hall–Kier alpha value is -0.980. The topological polar surface area (TPSA) is 34.1 Å². The van der Waals surface area contributed by atoms with E-state index in [1.807, 2.05) is 0 Å². The van der Waals surface area contributed by atoms with Crippen molar-refractivity contribution in [1.82, 2.24) is 0 Å². The molecule has 0 N–H and O–H groups in total. The van der Waals surface area contributed by atoms with Crippen LogP contribution in [0, 0.1) is 11.8 Å². The van der Waals surface area contributed by atoms with Crippen LogP contribution < -0.4 is 0 Å². The van der Waals surface area contributed by atoms with Crippen molar-refractivity contribution in [1.29, 1.82) is 0 Å². The molecule has 0 unspecified atom stereocenters. The first-order valence-corrected chi connectivity index (χ1v) is 7.45. The molecule has 0 spiro atoms. The van der Waals surface area contributed by atoms with E-state index in [-0.39, 0.29) is 0 Å². The molecule has 0 radical (unpaired) electrons. The molecule has 4 heteroatoms. The van der Waals surface area contributed by atoms with Crippen molar-refractivity contribution in [2.24, 2.45) is 0 Å². The largest absolute Gasteiger partial charge is 0.223 e. The zero-order chi connectivity index (χ0) is 12.9. The van der Waals surface area contributed by atoms with E-state index < -0.39 is 15.1 Å². The lowest BCUT2D eigenvalue weighted by molar-refractivity contribution is 0.587. The fraction of sp³-hybridized carbons (Fsp3) is 0.385. The minimum absolute atomic E-state index is 0.324. The molecule has 0 aliphatic rings. The van der Waals surface area contributed by atoms with Crippen molar-refractivity contribution in [3.63, 3.8) is 0 Å². The molecule has 1 aromatic rings. The summed E-state index contributed by atoms with van der Waals surface area (Å²) < 4.78 is 23.9. The Kier molecular flexibility index (Phi) is 5.04. The Labute approximate surface area is 108 Å². The van der Waals surface area contributed by atoms with Gasteiger partial charge in [-0.1, -0.05) is 17.9 Å². The highest BCUT2D eigenvalue weighted by Gasteiger charge is 2.18. The van der Waals surface area contributed by atoms with E-state index in [1.54, 1.807) is 38.1 Å². The minimum Gasteiger partial charge on any atom is -0.223 e. The Bertz CT molecular complexity index is 536. The molecule has 1 rings (SSSR count). The summed E-state index contributed by atoms with van der Waals surface area (Å²) in [7, 11) is -3.22. The van der Waals surface area contributed by atoms with Crippen molar-refractivity contribution in [3.8, 4) is 11.8 Å². The average Bonchev–Trinajstić information content (AvgIpc) is 2.29. The number of hydrogen-bond donors (Lipinski definition) is 0. The zero-order valence-electron chi connectivity index (χ0n) is 9.90. The van der Waals surface area contributed by atoms with Crippen LogP contribution in [0.15, 0.2) is 29.2 Å². The maximum absolute atomic E-state index is 11.9. The maximum Gasteiger partial charge on any atom is 0.180 e. The highest BCUT2D eigenvalue weighted by molar-refractivity contribution is 7.92. The molecule has 2 nitrogen and oxygen atoms in total. The second kappa shape index (κ2) is 6.09. The fourth-order valence-electron chi connectivity index (χ4n) is 1.23. The maximum atomic E-state index is 11.9. The Morgan fingerprint density at radius 2 is 2.06 bits per heavy atom. The van der Waals surface area contributed by atoms with Gasteiger partial charge in [0.1, 0.15) is 0 Å². The lowest BCUT2D eigenvalue weighted by atomic mass is 10.2. The third kappa shape index (κ3) is 3.76. The number of rotatable bonds is 3. The standard InChI is InChI=1S/C13H15ClO2S/c1-11(2)17(15,16)13-8-5-7-12(10-13)6-3-4-9-14/h5,7-8,10-11H,4,9H2,1-2H3. The van der Waals surface area contributed by atoms with Gasteiger partial charge in [-0.25, -0.2) is 8.42 Å². The van der Waals surface area contributed by atoms with Gasteiger partial charge < -0.3 is 0 Å². The molecule has 92 valence electrons. The molecule has 1 aromatic carbocycles.